The third-order valence-electron chi connectivity index (χ3n) is 6.47. The van der Waals surface area contributed by atoms with Crippen LogP contribution in [0.4, 0.5) is 37.8 Å². The summed E-state index contributed by atoms with van der Waals surface area (Å²) >= 11 is 0. The van der Waals surface area contributed by atoms with Gasteiger partial charge in [0.1, 0.15) is 11.6 Å². The Morgan fingerprint density at radius 3 is 2.23 bits per heavy atom. The van der Waals surface area contributed by atoms with Crippen molar-refractivity contribution in [2.24, 2.45) is 0 Å². The van der Waals surface area contributed by atoms with E-state index in [2.05, 4.69) is 25.2 Å². The lowest BCUT2D eigenvalue weighted by Gasteiger charge is -2.34. The smallest absolute Gasteiger partial charge is 0.373 e. The normalized spacial score (nSPS) is 18.7. The number of anilines is 2. The number of alkyl halides is 6. The Labute approximate surface area is 226 Å². The Hall–Kier alpha value is -3.77. The number of pyridine rings is 1. The SMILES string of the molecule is CC1CN(Cc2nc(Nc3ccc(C(F)(F)F)cc3)c3cnc(-c4ccccc4C(F)(F)F)cc3n2)C[C@H](C)O1. The second-order valence-electron chi connectivity index (χ2n) is 9.77. The van der Waals surface area contributed by atoms with Crippen LogP contribution in [0.1, 0.15) is 30.8 Å². The van der Waals surface area contributed by atoms with Crippen molar-refractivity contribution in [3.8, 4) is 11.3 Å². The van der Waals surface area contributed by atoms with Gasteiger partial charge in [-0.1, -0.05) is 18.2 Å². The fourth-order valence-electron chi connectivity index (χ4n) is 4.83. The van der Waals surface area contributed by atoms with Gasteiger partial charge in [0, 0.05) is 30.5 Å². The Balaban J connectivity index is 1.57. The molecule has 0 saturated carbocycles. The molecule has 1 saturated heterocycles. The molecule has 12 heteroatoms. The standard InChI is InChI=1S/C28H25F6N5O/c1-16-13-39(14-17(2)40-16)15-25-37-24-11-23(20-5-3-4-6-22(20)28(32,33)34)35-12-21(24)26(38-25)36-19-9-7-18(8-10-19)27(29,30)31/h3-12,16-17H,13-15H2,1-2H3,(H,36,37,38)/t16-,17?/m0/s1. The number of nitrogens with one attached hydrogen (secondary N) is 1. The van der Waals surface area contributed by atoms with E-state index in [0.29, 0.717) is 42.0 Å². The summed E-state index contributed by atoms with van der Waals surface area (Å²) in [6, 6.07) is 11.1. The van der Waals surface area contributed by atoms with Gasteiger partial charge >= 0.3 is 12.4 Å². The first-order valence-electron chi connectivity index (χ1n) is 12.5. The molecule has 1 aliphatic rings. The molecule has 1 N–H and O–H groups in total. The molecule has 0 aliphatic carbocycles. The summed E-state index contributed by atoms with van der Waals surface area (Å²) in [7, 11) is 0. The lowest BCUT2D eigenvalue weighted by molar-refractivity contribution is -0.138. The van der Waals surface area contributed by atoms with Gasteiger partial charge in [0.2, 0.25) is 0 Å². The predicted octanol–water partition coefficient (Wildman–Crippen LogP) is 7.08. The van der Waals surface area contributed by atoms with E-state index in [-0.39, 0.29) is 29.3 Å². The lowest BCUT2D eigenvalue weighted by Crippen LogP contribution is -2.45. The summed E-state index contributed by atoms with van der Waals surface area (Å²) in [6.45, 7) is 5.52. The number of aromatic nitrogens is 3. The fourth-order valence-corrected chi connectivity index (χ4v) is 4.83. The van der Waals surface area contributed by atoms with Crippen molar-refractivity contribution in [1.82, 2.24) is 19.9 Å². The quantitative estimate of drug-likeness (QED) is 0.263. The van der Waals surface area contributed by atoms with Gasteiger partial charge in [-0.2, -0.15) is 26.3 Å². The number of benzene rings is 2. The molecule has 5 rings (SSSR count). The van der Waals surface area contributed by atoms with Gasteiger partial charge < -0.3 is 10.1 Å². The molecule has 2 atom stereocenters. The molecular formula is C28H25F6N5O. The minimum atomic E-state index is -4.58. The first-order valence-corrected chi connectivity index (χ1v) is 12.5. The Morgan fingerprint density at radius 1 is 0.900 bits per heavy atom. The van der Waals surface area contributed by atoms with E-state index in [9.17, 15) is 26.3 Å². The van der Waals surface area contributed by atoms with Crippen molar-refractivity contribution in [2.45, 2.75) is 45.0 Å². The number of ether oxygens (including phenoxy) is 1. The molecule has 3 heterocycles. The first-order chi connectivity index (χ1) is 18.9. The number of halogens is 6. The van der Waals surface area contributed by atoms with Crippen LogP contribution in [0.5, 0.6) is 0 Å². The van der Waals surface area contributed by atoms with Crippen LogP contribution in [0.15, 0.2) is 60.8 Å². The topological polar surface area (TPSA) is 63.2 Å². The zero-order valence-corrected chi connectivity index (χ0v) is 21.5. The van der Waals surface area contributed by atoms with Crippen LogP contribution < -0.4 is 5.32 Å². The number of fused-ring (bicyclic) bond motifs is 1. The minimum absolute atomic E-state index is 0.0105. The summed E-state index contributed by atoms with van der Waals surface area (Å²) in [4.78, 5) is 15.6. The Bertz CT molecular complexity index is 1500. The number of morpholine rings is 1. The van der Waals surface area contributed by atoms with Crippen molar-refractivity contribution in [3.63, 3.8) is 0 Å². The predicted molar refractivity (Wildman–Crippen MR) is 138 cm³/mol. The first kappa shape index (κ1) is 27.8. The highest BCUT2D eigenvalue weighted by Gasteiger charge is 2.34. The van der Waals surface area contributed by atoms with Crippen molar-refractivity contribution in [1.29, 1.82) is 0 Å². The summed E-state index contributed by atoms with van der Waals surface area (Å²) in [5.41, 5.74) is -0.939. The van der Waals surface area contributed by atoms with Crippen LogP contribution in [-0.4, -0.2) is 45.1 Å². The Kier molecular flexibility index (Phi) is 7.40. The second-order valence-corrected chi connectivity index (χ2v) is 9.77. The van der Waals surface area contributed by atoms with E-state index in [0.717, 1.165) is 18.2 Å². The molecule has 2 aromatic heterocycles. The molecule has 0 radical (unpaired) electrons. The Morgan fingerprint density at radius 2 is 1.57 bits per heavy atom. The van der Waals surface area contributed by atoms with Crippen LogP contribution >= 0.6 is 0 Å². The van der Waals surface area contributed by atoms with Crippen LogP contribution in [0.2, 0.25) is 0 Å². The van der Waals surface area contributed by atoms with Gasteiger partial charge in [-0.25, -0.2) is 9.97 Å². The summed E-state index contributed by atoms with van der Waals surface area (Å²) < 4.78 is 86.0. The zero-order valence-electron chi connectivity index (χ0n) is 21.5. The number of rotatable bonds is 5. The summed E-state index contributed by atoms with van der Waals surface area (Å²) in [6.07, 6.45) is -7.71. The number of nitrogens with zero attached hydrogens (tertiary/aromatic N) is 4. The third-order valence-corrected chi connectivity index (χ3v) is 6.47. The van der Waals surface area contributed by atoms with Crippen molar-refractivity contribution in [3.05, 3.63) is 77.7 Å². The van der Waals surface area contributed by atoms with Gasteiger partial charge in [0.25, 0.3) is 0 Å². The van der Waals surface area contributed by atoms with E-state index in [1.807, 2.05) is 13.8 Å². The molecule has 1 aliphatic heterocycles. The summed E-state index contributed by atoms with van der Waals surface area (Å²) in [5.74, 6) is 0.668. The highest BCUT2D eigenvalue weighted by Crippen LogP contribution is 2.37. The molecule has 6 nitrogen and oxygen atoms in total. The zero-order chi connectivity index (χ0) is 28.7. The molecule has 0 bridgehead atoms. The maximum absolute atomic E-state index is 13.7. The lowest BCUT2D eigenvalue weighted by atomic mass is 10.0. The molecule has 1 fully saturated rings. The van der Waals surface area contributed by atoms with Crippen molar-refractivity contribution < 1.29 is 31.1 Å². The molecular weight excluding hydrogens is 536 g/mol. The largest absolute Gasteiger partial charge is 0.417 e. The van der Waals surface area contributed by atoms with Crippen molar-refractivity contribution >= 4 is 22.4 Å². The molecule has 40 heavy (non-hydrogen) atoms. The average Bonchev–Trinajstić information content (AvgIpc) is 2.87. The van der Waals surface area contributed by atoms with Gasteiger partial charge in [-0.15, -0.1) is 0 Å². The van der Waals surface area contributed by atoms with Crippen LogP contribution in [0, 0.1) is 0 Å². The van der Waals surface area contributed by atoms with E-state index in [4.69, 9.17) is 4.74 Å². The van der Waals surface area contributed by atoms with Crippen LogP contribution in [0.25, 0.3) is 22.2 Å². The molecule has 0 amide bonds. The van der Waals surface area contributed by atoms with Gasteiger partial charge in [-0.05, 0) is 50.2 Å². The maximum atomic E-state index is 13.7. The third kappa shape index (κ3) is 6.18. The number of hydrogen-bond donors (Lipinski definition) is 1. The fraction of sp³-hybridized carbons (Fsp3) is 0.321. The molecule has 210 valence electrons. The van der Waals surface area contributed by atoms with E-state index >= 15 is 0 Å². The van der Waals surface area contributed by atoms with Gasteiger partial charge in [0.15, 0.2) is 0 Å². The monoisotopic (exact) mass is 561 g/mol. The van der Waals surface area contributed by atoms with E-state index in [1.54, 1.807) is 0 Å². The minimum Gasteiger partial charge on any atom is -0.373 e. The second kappa shape index (κ2) is 10.7. The van der Waals surface area contributed by atoms with Gasteiger partial charge in [-0.3, -0.25) is 9.88 Å². The van der Waals surface area contributed by atoms with Gasteiger partial charge in [0.05, 0.1) is 46.5 Å². The number of hydrogen-bond acceptors (Lipinski definition) is 6. The highest BCUT2D eigenvalue weighted by atomic mass is 19.4. The highest BCUT2D eigenvalue weighted by molar-refractivity contribution is 5.92. The van der Waals surface area contributed by atoms with Crippen LogP contribution in [-0.2, 0) is 23.6 Å². The summed E-state index contributed by atoms with van der Waals surface area (Å²) in [5, 5.41) is 3.44. The van der Waals surface area contributed by atoms with Crippen LogP contribution in [0.3, 0.4) is 0 Å². The molecule has 1 unspecified atom stereocenters. The van der Waals surface area contributed by atoms with E-state index in [1.165, 1.54) is 42.6 Å². The average molecular weight is 562 g/mol. The molecule has 4 aromatic rings. The van der Waals surface area contributed by atoms with E-state index < -0.39 is 23.5 Å². The maximum Gasteiger partial charge on any atom is 0.417 e. The molecule has 2 aromatic carbocycles. The molecule has 0 spiro atoms. The van der Waals surface area contributed by atoms with Crippen molar-refractivity contribution in [2.75, 3.05) is 18.4 Å².